The van der Waals surface area contributed by atoms with E-state index in [0.717, 1.165) is 72.3 Å². The van der Waals surface area contributed by atoms with Crippen LogP contribution in [0, 0.1) is 0 Å². The molecular weight excluding hydrogens is 364 g/mol. The summed E-state index contributed by atoms with van der Waals surface area (Å²) < 4.78 is 11.2. The number of rotatable bonds is 3. The van der Waals surface area contributed by atoms with Crippen molar-refractivity contribution >= 4 is 16.8 Å². The molecule has 2 fully saturated rings. The van der Waals surface area contributed by atoms with E-state index in [1.165, 1.54) is 0 Å². The number of hydrogen-bond donors (Lipinski definition) is 0. The van der Waals surface area contributed by atoms with E-state index in [1.54, 1.807) is 13.3 Å². The van der Waals surface area contributed by atoms with E-state index in [9.17, 15) is 4.79 Å². The molecule has 2 aliphatic rings. The van der Waals surface area contributed by atoms with Gasteiger partial charge in [0.2, 0.25) is 0 Å². The van der Waals surface area contributed by atoms with Crippen LogP contribution >= 0.6 is 0 Å². The summed E-state index contributed by atoms with van der Waals surface area (Å²) in [6.45, 7) is 2.39. The molecule has 0 radical (unpaired) electrons. The van der Waals surface area contributed by atoms with Crippen LogP contribution in [0.25, 0.3) is 22.0 Å². The molecule has 1 aromatic heterocycles. The van der Waals surface area contributed by atoms with E-state index in [0.29, 0.717) is 0 Å². The Morgan fingerprint density at radius 3 is 2.66 bits per heavy atom. The highest BCUT2D eigenvalue weighted by molar-refractivity contribution is 6.00. The van der Waals surface area contributed by atoms with Crippen molar-refractivity contribution in [2.45, 2.75) is 24.9 Å². The summed E-state index contributed by atoms with van der Waals surface area (Å²) in [5.74, 6) is 0.842. The van der Waals surface area contributed by atoms with Gasteiger partial charge in [0.15, 0.2) is 0 Å². The Hall–Kier alpha value is -2.92. The van der Waals surface area contributed by atoms with Crippen LogP contribution in [0.2, 0.25) is 0 Å². The molecule has 0 unspecified atom stereocenters. The molecule has 2 aromatic carbocycles. The SMILES string of the molecule is COc1ccc(-c2cccc(C(=O)N3CCC4(CCO4)CC3)c2)c2cccnc12. The maximum absolute atomic E-state index is 13.1. The van der Waals surface area contributed by atoms with Crippen LogP contribution < -0.4 is 4.74 Å². The van der Waals surface area contributed by atoms with Crippen molar-refractivity contribution in [1.82, 2.24) is 9.88 Å². The molecule has 0 saturated carbocycles. The Bertz CT molecular complexity index is 1060. The average Bonchev–Trinajstić information content (AvgIpc) is 2.77. The van der Waals surface area contributed by atoms with Crippen LogP contribution in [0.3, 0.4) is 0 Å². The number of fused-ring (bicyclic) bond motifs is 1. The lowest BCUT2D eigenvalue weighted by molar-refractivity contribution is -0.169. The van der Waals surface area contributed by atoms with Gasteiger partial charge in [-0.1, -0.05) is 18.2 Å². The lowest BCUT2D eigenvalue weighted by atomic mass is 9.84. The predicted octanol–water partition coefficient (Wildman–Crippen LogP) is 4.31. The largest absolute Gasteiger partial charge is 0.494 e. The van der Waals surface area contributed by atoms with Gasteiger partial charge < -0.3 is 14.4 Å². The Balaban J connectivity index is 1.45. The van der Waals surface area contributed by atoms with Gasteiger partial charge in [-0.2, -0.15) is 0 Å². The number of methoxy groups -OCH3 is 1. The van der Waals surface area contributed by atoms with Crippen LogP contribution in [0.4, 0.5) is 0 Å². The first kappa shape index (κ1) is 18.1. The molecule has 0 bridgehead atoms. The first-order valence-corrected chi connectivity index (χ1v) is 10.1. The van der Waals surface area contributed by atoms with E-state index in [1.807, 2.05) is 53.4 Å². The van der Waals surface area contributed by atoms with Gasteiger partial charge in [0.05, 0.1) is 19.3 Å². The second kappa shape index (κ2) is 7.16. The summed E-state index contributed by atoms with van der Waals surface area (Å²) in [5, 5.41) is 1.01. The van der Waals surface area contributed by atoms with Crippen molar-refractivity contribution in [1.29, 1.82) is 0 Å². The van der Waals surface area contributed by atoms with Crippen molar-refractivity contribution in [2.24, 2.45) is 0 Å². The van der Waals surface area contributed by atoms with Gasteiger partial charge in [0, 0.05) is 30.2 Å². The molecule has 0 atom stereocenters. The average molecular weight is 388 g/mol. The highest BCUT2D eigenvalue weighted by atomic mass is 16.5. The number of hydrogen-bond acceptors (Lipinski definition) is 4. The van der Waals surface area contributed by atoms with Crippen LogP contribution in [0.5, 0.6) is 5.75 Å². The zero-order valence-electron chi connectivity index (χ0n) is 16.6. The number of benzene rings is 2. The molecule has 2 aliphatic heterocycles. The molecule has 148 valence electrons. The molecule has 3 heterocycles. The molecular formula is C24H24N2O3. The van der Waals surface area contributed by atoms with Crippen LogP contribution in [0.1, 0.15) is 29.6 Å². The smallest absolute Gasteiger partial charge is 0.253 e. The summed E-state index contributed by atoms with van der Waals surface area (Å²) in [6, 6.07) is 15.8. The predicted molar refractivity (Wildman–Crippen MR) is 112 cm³/mol. The monoisotopic (exact) mass is 388 g/mol. The van der Waals surface area contributed by atoms with E-state index in [-0.39, 0.29) is 11.5 Å². The Morgan fingerprint density at radius 1 is 1.10 bits per heavy atom. The third kappa shape index (κ3) is 3.15. The number of carbonyl (C=O) groups is 1. The highest BCUT2D eigenvalue weighted by Gasteiger charge is 2.42. The van der Waals surface area contributed by atoms with E-state index < -0.39 is 0 Å². The third-order valence-corrected chi connectivity index (χ3v) is 6.30. The van der Waals surface area contributed by atoms with Crippen LogP contribution in [-0.2, 0) is 4.74 Å². The summed E-state index contributed by atoms with van der Waals surface area (Å²) in [5.41, 5.74) is 3.65. The lowest BCUT2D eigenvalue weighted by Crippen LogP contribution is -2.53. The van der Waals surface area contributed by atoms with Gasteiger partial charge >= 0.3 is 0 Å². The van der Waals surface area contributed by atoms with Gasteiger partial charge in [-0.3, -0.25) is 9.78 Å². The zero-order valence-corrected chi connectivity index (χ0v) is 16.6. The number of likely N-dealkylation sites (tertiary alicyclic amines) is 1. The maximum atomic E-state index is 13.1. The molecule has 5 nitrogen and oxygen atoms in total. The normalized spacial score (nSPS) is 17.9. The Kier molecular flexibility index (Phi) is 4.47. The van der Waals surface area contributed by atoms with E-state index >= 15 is 0 Å². The van der Waals surface area contributed by atoms with Crippen molar-refractivity contribution in [3.05, 3.63) is 60.3 Å². The second-order valence-corrected chi connectivity index (χ2v) is 7.87. The number of carbonyl (C=O) groups excluding carboxylic acids is 1. The minimum Gasteiger partial charge on any atom is -0.494 e. The van der Waals surface area contributed by atoms with Crippen molar-refractivity contribution < 1.29 is 14.3 Å². The number of pyridine rings is 1. The third-order valence-electron chi connectivity index (χ3n) is 6.30. The Labute approximate surface area is 170 Å². The number of nitrogens with zero attached hydrogens (tertiary/aromatic N) is 2. The highest BCUT2D eigenvalue weighted by Crippen LogP contribution is 2.37. The number of piperidine rings is 1. The molecule has 3 aromatic rings. The summed E-state index contributed by atoms with van der Waals surface area (Å²) in [6.07, 6.45) is 4.77. The van der Waals surface area contributed by atoms with Gasteiger partial charge in [0.1, 0.15) is 11.3 Å². The molecule has 2 saturated heterocycles. The van der Waals surface area contributed by atoms with Gasteiger partial charge in [-0.15, -0.1) is 0 Å². The fraction of sp³-hybridized carbons (Fsp3) is 0.333. The molecule has 1 amide bonds. The van der Waals surface area contributed by atoms with Crippen molar-refractivity contribution in [3.8, 4) is 16.9 Å². The van der Waals surface area contributed by atoms with Gasteiger partial charge in [-0.05, 0) is 60.7 Å². The number of ether oxygens (including phenoxy) is 2. The Morgan fingerprint density at radius 2 is 1.93 bits per heavy atom. The first-order chi connectivity index (χ1) is 14.2. The fourth-order valence-corrected chi connectivity index (χ4v) is 4.47. The van der Waals surface area contributed by atoms with Gasteiger partial charge in [-0.25, -0.2) is 0 Å². The number of aromatic nitrogens is 1. The second-order valence-electron chi connectivity index (χ2n) is 7.87. The van der Waals surface area contributed by atoms with Crippen molar-refractivity contribution in [2.75, 3.05) is 26.8 Å². The summed E-state index contributed by atoms with van der Waals surface area (Å²) in [4.78, 5) is 19.6. The molecule has 0 N–H and O–H groups in total. The first-order valence-electron chi connectivity index (χ1n) is 10.1. The van der Waals surface area contributed by atoms with Gasteiger partial charge in [0.25, 0.3) is 5.91 Å². The topological polar surface area (TPSA) is 51.7 Å². The molecule has 0 aliphatic carbocycles. The van der Waals surface area contributed by atoms with E-state index in [4.69, 9.17) is 9.47 Å². The minimum absolute atomic E-state index is 0.0492. The van der Waals surface area contributed by atoms with Crippen molar-refractivity contribution in [3.63, 3.8) is 0 Å². The minimum atomic E-state index is 0.0492. The molecule has 5 rings (SSSR count). The maximum Gasteiger partial charge on any atom is 0.253 e. The summed E-state index contributed by atoms with van der Waals surface area (Å²) >= 11 is 0. The summed E-state index contributed by atoms with van der Waals surface area (Å²) in [7, 11) is 1.65. The lowest BCUT2D eigenvalue weighted by Gasteiger charge is -2.47. The molecule has 5 heteroatoms. The quantitative estimate of drug-likeness (QED) is 0.671. The van der Waals surface area contributed by atoms with Crippen LogP contribution in [-0.4, -0.2) is 48.2 Å². The standard InChI is InChI=1S/C24H24N2O3/c1-28-21-8-7-19(20-6-3-12-25-22(20)21)17-4-2-5-18(16-17)23(27)26-13-9-24(10-14-26)11-15-29-24/h2-8,12,16H,9-11,13-15H2,1H3. The van der Waals surface area contributed by atoms with E-state index in [2.05, 4.69) is 4.98 Å². The molecule has 1 spiro atoms. The number of amides is 1. The fourth-order valence-electron chi connectivity index (χ4n) is 4.47. The van der Waals surface area contributed by atoms with Crippen LogP contribution in [0.15, 0.2) is 54.7 Å². The zero-order chi connectivity index (χ0) is 19.8. The molecule has 29 heavy (non-hydrogen) atoms.